The van der Waals surface area contributed by atoms with Crippen molar-refractivity contribution in [1.82, 2.24) is 4.90 Å². The van der Waals surface area contributed by atoms with Crippen LogP contribution in [0.5, 0.6) is 11.5 Å². The monoisotopic (exact) mass is 425 g/mol. The van der Waals surface area contributed by atoms with Crippen molar-refractivity contribution in [1.29, 1.82) is 0 Å². The second kappa shape index (κ2) is 9.66. The molecule has 1 saturated heterocycles. The predicted molar refractivity (Wildman–Crippen MR) is 116 cm³/mol. The number of likely N-dealkylation sites (tertiary alicyclic amines) is 1. The van der Waals surface area contributed by atoms with Gasteiger partial charge < -0.3 is 24.6 Å². The Morgan fingerprint density at radius 3 is 2.61 bits per heavy atom. The second-order valence-corrected chi connectivity index (χ2v) is 7.34. The fourth-order valence-electron chi connectivity index (χ4n) is 3.79. The molecule has 3 rings (SSSR count). The van der Waals surface area contributed by atoms with E-state index in [2.05, 4.69) is 0 Å². The van der Waals surface area contributed by atoms with Crippen molar-refractivity contribution in [2.45, 2.75) is 26.3 Å². The lowest BCUT2D eigenvalue weighted by Gasteiger charge is -2.25. The molecule has 2 aromatic carbocycles. The number of nitrogens with zero attached hydrogens (tertiary/aromatic N) is 1. The van der Waals surface area contributed by atoms with E-state index in [1.165, 1.54) is 12.0 Å². The number of hydrogen-bond acceptors (Lipinski definition) is 6. The van der Waals surface area contributed by atoms with E-state index in [0.29, 0.717) is 35.6 Å². The molecule has 7 nitrogen and oxygen atoms in total. The van der Waals surface area contributed by atoms with Crippen LogP contribution in [0.2, 0.25) is 0 Å². The highest BCUT2D eigenvalue weighted by atomic mass is 16.5. The maximum atomic E-state index is 13.0. The van der Waals surface area contributed by atoms with Crippen LogP contribution < -0.4 is 9.47 Å². The summed E-state index contributed by atoms with van der Waals surface area (Å²) in [5.74, 6) is -0.752. The standard InChI is InChI=1S/C24H27NO6/c1-4-10-25-21(16-6-5-7-17(14-16)31-12-11-26)20(23(28)24(25)29)22(27)18-13-15(2)8-9-19(18)30-3/h5-9,13-14,21,26-27H,4,10-12H2,1-3H3/b22-20+. The quantitative estimate of drug-likeness (QED) is 0.383. The molecular weight excluding hydrogens is 398 g/mol. The van der Waals surface area contributed by atoms with Gasteiger partial charge in [-0.1, -0.05) is 30.7 Å². The van der Waals surface area contributed by atoms with Crippen LogP contribution in [0.15, 0.2) is 48.0 Å². The summed E-state index contributed by atoms with van der Waals surface area (Å²) in [5, 5.41) is 20.2. The molecule has 0 aromatic heterocycles. The van der Waals surface area contributed by atoms with Gasteiger partial charge in [0.05, 0.1) is 30.9 Å². The summed E-state index contributed by atoms with van der Waals surface area (Å²) in [6.07, 6.45) is 0.651. The Hall–Kier alpha value is -3.32. The summed E-state index contributed by atoms with van der Waals surface area (Å²) in [6.45, 7) is 4.13. The zero-order valence-corrected chi connectivity index (χ0v) is 17.9. The van der Waals surface area contributed by atoms with Crippen LogP contribution >= 0.6 is 0 Å². The minimum absolute atomic E-state index is 0.0154. The summed E-state index contributed by atoms with van der Waals surface area (Å²) < 4.78 is 10.9. The van der Waals surface area contributed by atoms with Crippen LogP contribution in [0.25, 0.3) is 5.76 Å². The van der Waals surface area contributed by atoms with Gasteiger partial charge in [0, 0.05) is 6.54 Å². The first kappa shape index (κ1) is 22.4. The Kier molecular flexibility index (Phi) is 6.97. The fourth-order valence-corrected chi connectivity index (χ4v) is 3.79. The summed E-state index contributed by atoms with van der Waals surface area (Å²) in [7, 11) is 1.48. The van der Waals surface area contributed by atoms with Gasteiger partial charge in [-0.05, 0) is 43.2 Å². The topological polar surface area (TPSA) is 96.3 Å². The highest BCUT2D eigenvalue weighted by Crippen LogP contribution is 2.41. The van der Waals surface area contributed by atoms with Gasteiger partial charge in [-0.2, -0.15) is 0 Å². The molecule has 1 fully saturated rings. The van der Waals surface area contributed by atoms with Crippen LogP contribution in [0.4, 0.5) is 0 Å². The summed E-state index contributed by atoms with van der Waals surface area (Å²) in [5.41, 5.74) is 1.88. The molecule has 0 spiro atoms. The van der Waals surface area contributed by atoms with E-state index in [-0.39, 0.29) is 24.5 Å². The average molecular weight is 425 g/mol. The Morgan fingerprint density at radius 2 is 1.94 bits per heavy atom. The van der Waals surface area contributed by atoms with E-state index in [1.54, 1.807) is 36.4 Å². The smallest absolute Gasteiger partial charge is 0.295 e. The molecule has 2 N–H and O–H groups in total. The minimum atomic E-state index is -0.761. The first-order valence-corrected chi connectivity index (χ1v) is 10.2. The largest absolute Gasteiger partial charge is 0.507 e. The number of hydrogen-bond donors (Lipinski definition) is 2. The number of amides is 1. The first-order chi connectivity index (χ1) is 14.9. The van der Waals surface area contributed by atoms with Gasteiger partial charge in [-0.3, -0.25) is 9.59 Å². The van der Waals surface area contributed by atoms with Crippen LogP contribution in [-0.2, 0) is 9.59 Å². The molecule has 7 heteroatoms. The molecule has 0 aliphatic carbocycles. The van der Waals surface area contributed by atoms with E-state index < -0.39 is 17.7 Å². The van der Waals surface area contributed by atoms with Crippen molar-refractivity contribution >= 4 is 17.4 Å². The Balaban J connectivity index is 2.20. The molecule has 1 heterocycles. The SMILES string of the molecule is CCCN1C(=O)C(=O)/C(=C(/O)c2cc(C)ccc2OC)C1c1cccc(OCCO)c1. The van der Waals surface area contributed by atoms with Gasteiger partial charge in [0.1, 0.15) is 23.9 Å². The normalized spacial score (nSPS) is 17.8. The highest BCUT2D eigenvalue weighted by molar-refractivity contribution is 6.46. The minimum Gasteiger partial charge on any atom is -0.507 e. The highest BCUT2D eigenvalue weighted by Gasteiger charge is 2.46. The lowest BCUT2D eigenvalue weighted by molar-refractivity contribution is -0.139. The van der Waals surface area contributed by atoms with E-state index >= 15 is 0 Å². The van der Waals surface area contributed by atoms with Gasteiger partial charge in [0.2, 0.25) is 0 Å². The molecule has 1 aliphatic heterocycles. The molecule has 1 unspecified atom stereocenters. The van der Waals surface area contributed by atoms with E-state index in [1.807, 2.05) is 19.9 Å². The number of aliphatic hydroxyl groups is 2. The van der Waals surface area contributed by atoms with Crippen molar-refractivity contribution < 1.29 is 29.3 Å². The first-order valence-electron chi connectivity index (χ1n) is 10.2. The lowest BCUT2D eigenvalue weighted by atomic mass is 9.94. The third-order valence-electron chi connectivity index (χ3n) is 5.15. The molecule has 1 amide bonds. The second-order valence-electron chi connectivity index (χ2n) is 7.34. The molecule has 2 aromatic rings. The molecule has 1 aliphatic rings. The maximum absolute atomic E-state index is 13.0. The number of carbonyl (C=O) groups is 2. The van der Waals surface area contributed by atoms with Gasteiger partial charge in [0.15, 0.2) is 0 Å². The number of methoxy groups -OCH3 is 1. The van der Waals surface area contributed by atoms with Crippen LogP contribution in [0, 0.1) is 6.92 Å². The Morgan fingerprint density at radius 1 is 1.16 bits per heavy atom. The third kappa shape index (κ3) is 4.41. The molecule has 0 bridgehead atoms. The molecule has 0 radical (unpaired) electrons. The van der Waals surface area contributed by atoms with Crippen molar-refractivity contribution in [2.75, 3.05) is 26.9 Å². The summed E-state index contributed by atoms with van der Waals surface area (Å²) >= 11 is 0. The van der Waals surface area contributed by atoms with Gasteiger partial charge >= 0.3 is 0 Å². The van der Waals surface area contributed by atoms with E-state index in [9.17, 15) is 14.7 Å². The number of aryl methyl sites for hydroxylation is 1. The molecular formula is C24H27NO6. The number of benzene rings is 2. The molecule has 164 valence electrons. The lowest BCUT2D eigenvalue weighted by Crippen LogP contribution is -2.30. The van der Waals surface area contributed by atoms with E-state index in [0.717, 1.165) is 5.56 Å². The molecule has 31 heavy (non-hydrogen) atoms. The van der Waals surface area contributed by atoms with Gasteiger partial charge in [-0.15, -0.1) is 0 Å². The average Bonchev–Trinajstić information content (AvgIpc) is 3.02. The Bertz CT molecular complexity index is 1010. The summed E-state index contributed by atoms with van der Waals surface area (Å²) in [4.78, 5) is 27.3. The van der Waals surface area contributed by atoms with Gasteiger partial charge in [0.25, 0.3) is 11.7 Å². The number of rotatable bonds is 8. The van der Waals surface area contributed by atoms with Crippen molar-refractivity contribution in [2.24, 2.45) is 0 Å². The third-order valence-corrected chi connectivity index (χ3v) is 5.15. The van der Waals surface area contributed by atoms with Crippen LogP contribution in [0.1, 0.15) is 36.1 Å². The number of carbonyl (C=O) groups excluding carboxylic acids is 2. The van der Waals surface area contributed by atoms with Crippen molar-refractivity contribution in [3.8, 4) is 11.5 Å². The van der Waals surface area contributed by atoms with Crippen molar-refractivity contribution in [3.63, 3.8) is 0 Å². The Labute approximate surface area is 181 Å². The zero-order valence-electron chi connectivity index (χ0n) is 17.9. The number of aliphatic hydroxyl groups excluding tert-OH is 2. The summed E-state index contributed by atoms with van der Waals surface area (Å²) in [6, 6.07) is 11.5. The predicted octanol–water partition coefficient (Wildman–Crippen LogP) is 3.21. The maximum Gasteiger partial charge on any atom is 0.295 e. The fraction of sp³-hybridized carbons (Fsp3) is 0.333. The van der Waals surface area contributed by atoms with Crippen LogP contribution in [-0.4, -0.2) is 53.7 Å². The number of ether oxygens (including phenoxy) is 2. The van der Waals surface area contributed by atoms with E-state index in [4.69, 9.17) is 14.6 Å². The van der Waals surface area contributed by atoms with Crippen LogP contribution in [0.3, 0.4) is 0 Å². The molecule has 0 saturated carbocycles. The zero-order chi connectivity index (χ0) is 22.5. The molecule has 1 atom stereocenters. The number of ketones is 1. The number of Topliss-reactive ketones (excluding diaryl/α,β-unsaturated/α-hetero) is 1. The van der Waals surface area contributed by atoms with Gasteiger partial charge in [-0.25, -0.2) is 0 Å². The van der Waals surface area contributed by atoms with Crippen molar-refractivity contribution in [3.05, 3.63) is 64.7 Å².